The molecule has 1 aromatic carbocycles. The fourth-order valence-electron chi connectivity index (χ4n) is 4.00. The van der Waals surface area contributed by atoms with E-state index in [1.807, 2.05) is 18.7 Å². The fourth-order valence-corrected chi connectivity index (χ4v) is 4.00. The van der Waals surface area contributed by atoms with Gasteiger partial charge in [-0.05, 0) is 42.9 Å². The van der Waals surface area contributed by atoms with Crippen LogP contribution in [0.3, 0.4) is 0 Å². The van der Waals surface area contributed by atoms with E-state index in [1.54, 1.807) is 6.07 Å². The van der Waals surface area contributed by atoms with E-state index in [-0.39, 0.29) is 24.1 Å². The molecule has 1 atom stereocenters. The van der Waals surface area contributed by atoms with Gasteiger partial charge in [-0.2, -0.15) is 0 Å². The molecule has 170 valence electrons. The number of benzene rings is 1. The van der Waals surface area contributed by atoms with Crippen LogP contribution < -0.4 is 16.0 Å². The van der Waals surface area contributed by atoms with Gasteiger partial charge in [-0.1, -0.05) is 20.3 Å². The maximum atomic E-state index is 14.7. The van der Waals surface area contributed by atoms with Crippen molar-refractivity contribution in [2.24, 2.45) is 17.6 Å². The highest BCUT2D eigenvalue weighted by molar-refractivity contribution is 6.09. The Morgan fingerprint density at radius 1 is 1.35 bits per heavy atom. The van der Waals surface area contributed by atoms with E-state index >= 15 is 0 Å². The van der Waals surface area contributed by atoms with Crippen molar-refractivity contribution in [3.05, 3.63) is 24.0 Å². The molecule has 1 saturated heterocycles. The minimum Gasteiger partial charge on any atom is -0.370 e. The minimum atomic E-state index is -1.18. The Hall–Kier alpha value is -2.52. The first kappa shape index (κ1) is 23.1. The van der Waals surface area contributed by atoms with E-state index in [4.69, 9.17) is 10.5 Å². The number of hydrogen-bond donors (Lipinski definition) is 2. The third kappa shape index (κ3) is 5.80. The number of halogens is 1. The molecule has 0 radical (unpaired) electrons. The molecule has 8 nitrogen and oxygen atoms in total. The maximum absolute atomic E-state index is 14.7. The normalized spacial score (nSPS) is 18.2. The van der Waals surface area contributed by atoms with Gasteiger partial charge in [0.15, 0.2) is 6.04 Å². The number of carbonyl (C=O) groups excluding carboxylic acids is 3. The lowest BCUT2D eigenvalue weighted by Gasteiger charge is -2.36. The molecular weight excluding hydrogens is 403 g/mol. The summed E-state index contributed by atoms with van der Waals surface area (Å²) in [6, 6.07) is 2.96. The zero-order chi connectivity index (χ0) is 22.5. The van der Waals surface area contributed by atoms with Gasteiger partial charge in [0, 0.05) is 25.3 Å². The summed E-state index contributed by atoms with van der Waals surface area (Å²) in [5.74, 6) is -1.68. The van der Waals surface area contributed by atoms with Gasteiger partial charge >= 0.3 is 0 Å². The third-order valence-electron chi connectivity index (χ3n) is 5.71. The lowest BCUT2D eigenvalue weighted by atomic mass is 9.84. The molecule has 2 fully saturated rings. The highest BCUT2D eigenvalue weighted by Crippen LogP contribution is 2.28. The number of nitrogens with two attached hydrogens (primary N) is 1. The Labute approximate surface area is 181 Å². The van der Waals surface area contributed by atoms with E-state index in [0.29, 0.717) is 37.8 Å². The zero-order valence-corrected chi connectivity index (χ0v) is 18.1. The van der Waals surface area contributed by atoms with Gasteiger partial charge in [0.25, 0.3) is 11.8 Å². The Kier molecular flexibility index (Phi) is 7.61. The average molecular weight is 435 g/mol. The largest absolute Gasteiger partial charge is 0.370 e. The number of primary amides is 1. The van der Waals surface area contributed by atoms with Crippen LogP contribution in [0.5, 0.6) is 0 Å². The number of ether oxygens (including phenoxy) is 1. The molecule has 1 aliphatic carbocycles. The predicted octanol–water partition coefficient (Wildman–Crippen LogP) is 1.74. The Morgan fingerprint density at radius 3 is 2.65 bits per heavy atom. The number of hydrogen-bond acceptors (Lipinski definition) is 5. The highest BCUT2D eigenvalue weighted by atomic mass is 19.1. The number of carbonyl (C=O) groups is 3. The van der Waals surface area contributed by atoms with E-state index in [0.717, 1.165) is 19.3 Å². The first-order valence-corrected chi connectivity index (χ1v) is 10.8. The van der Waals surface area contributed by atoms with Crippen molar-refractivity contribution in [3.63, 3.8) is 0 Å². The first-order valence-electron chi connectivity index (χ1n) is 10.8. The molecule has 1 heterocycles. The van der Waals surface area contributed by atoms with Crippen LogP contribution >= 0.6 is 0 Å². The third-order valence-corrected chi connectivity index (χ3v) is 5.71. The Bertz CT molecular complexity index is 828. The predicted molar refractivity (Wildman–Crippen MR) is 115 cm³/mol. The fraction of sp³-hybridized carbons (Fsp3) is 0.591. The van der Waals surface area contributed by atoms with Gasteiger partial charge in [0.1, 0.15) is 12.4 Å². The highest BCUT2D eigenvalue weighted by Gasteiger charge is 2.34. The molecular formula is C22H31FN4O4. The summed E-state index contributed by atoms with van der Waals surface area (Å²) >= 11 is 0. The van der Waals surface area contributed by atoms with Crippen molar-refractivity contribution >= 4 is 29.1 Å². The van der Waals surface area contributed by atoms with Crippen LogP contribution in [-0.4, -0.2) is 61.5 Å². The molecule has 3 rings (SSSR count). The Balaban J connectivity index is 1.74. The van der Waals surface area contributed by atoms with Crippen molar-refractivity contribution < 1.29 is 23.5 Å². The van der Waals surface area contributed by atoms with Crippen LogP contribution in [-0.2, 0) is 19.1 Å². The number of rotatable bonds is 9. The number of amides is 3. The summed E-state index contributed by atoms with van der Waals surface area (Å²) in [5, 5.41) is 2.51. The molecule has 0 unspecified atom stereocenters. The SMILES string of the molecule is CC(C)CN(CC1CCC1)[C@@H](C(N)=O)C(=O)Nc1ccc(N2CCOCC2=O)cc1F. The smallest absolute Gasteiger partial charge is 0.253 e. The second kappa shape index (κ2) is 10.2. The van der Waals surface area contributed by atoms with Gasteiger partial charge in [-0.25, -0.2) is 4.39 Å². The minimum absolute atomic E-state index is 0.0485. The molecule has 1 saturated carbocycles. The molecule has 0 bridgehead atoms. The van der Waals surface area contributed by atoms with Crippen molar-refractivity contribution in [2.75, 3.05) is 43.1 Å². The van der Waals surface area contributed by atoms with Crippen LogP contribution in [0.15, 0.2) is 18.2 Å². The molecule has 3 amide bonds. The van der Waals surface area contributed by atoms with E-state index in [9.17, 15) is 18.8 Å². The summed E-state index contributed by atoms with van der Waals surface area (Å²) in [4.78, 5) is 40.4. The zero-order valence-electron chi connectivity index (χ0n) is 18.1. The topological polar surface area (TPSA) is 105 Å². The van der Waals surface area contributed by atoms with Crippen molar-refractivity contribution in [3.8, 4) is 0 Å². The molecule has 1 aromatic rings. The van der Waals surface area contributed by atoms with Gasteiger partial charge in [0.05, 0.1) is 12.3 Å². The van der Waals surface area contributed by atoms with Crippen molar-refractivity contribution in [2.45, 2.75) is 39.2 Å². The lowest BCUT2D eigenvalue weighted by Crippen LogP contribution is -2.54. The van der Waals surface area contributed by atoms with Crippen LogP contribution in [0.2, 0.25) is 0 Å². The first-order chi connectivity index (χ1) is 14.8. The van der Waals surface area contributed by atoms with Crippen LogP contribution in [0.25, 0.3) is 0 Å². The van der Waals surface area contributed by atoms with Crippen LogP contribution in [0, 0.1) is 17.7 Å². The molecule has 31 heavy (non-hydrogen) atoms. The van der Waals surface area contributed by atoms with Gasteiger partial charge in [-0.15, -0.1) is 0 Å². The molecule has 1 aliphatic heterocycles. The summed E-state index contributed by atoms with van der Waals surface area (Å²) in [7, 11) is 0. The maximum Gasteiger partial charge on any atom is 0.253 e. The quantitative estimate of drug-likeness (QED) is 0.576. The molecule has 0 spiro atoms. The van der Waals surface area contributed by atoms with Gasteiger partial charge in [0.2, 0.25) is 5.91 Å². The molecule has 2 aliphatic rings. The van der Waals surface area contributed by atoms with E-state index in [1.165, 1.54) is 17.0 Å². The second-order valence-electron chi connectivity index (χ2n) is 8.70. The number of anilines is 2. The number of morpholine rings is 1. The summed E-state index contributed by atoms with van der Waals surface area (Å²) < 4.78 is 19.8. The second-order valence-corrected chi connectivity index (χ2v) is 8.70. The van der Waals surface area contributed by atoms with Gasteiger partial charge < -0.3 is 20.7 Å². The van der Waals surface area contributed by atoms with E-state index < -0.39 is 23.7 Å². The van der Waals surface area contributed by atoms with Crippen molar-refractivity contribution in [1.82, 2.24) is 4.90 Å². The lowest BCUT2D eigenvalue weighted by molar-refractivity contribution is -0.133. The average Bonchev–Trinajstić information content (AvgIpc) is 2.66. The number of nitrogens with zero attached hydrogens (tertiary/aromatic N) is 2. The van der Waals surface area contributed by atoms with Crippen LogP contribution in [0.1, 0.15) is 33.1 Å². The monoisotopic (exact) mass is 434 g/mol. The molecule has 9 heteroatoms. The van der Waals surface area contributed by atoms with E-state index in [2.05, 4.69) is 5.32 Å². The Morgan fingerprint density at radius 2 is 2.10 bits per heavy atom. The molecule has 3 N–H and O–H groups in total. The summed E-state index contributed by atoms with van der Waals surface area (Å²) in [6.07, 6.45) is 3.28. The number of nitrogens with one attached hydrogen (secondary N) is 1. The van der Waals surface area contributed by atoms with Crippen molar-refractivity contribution in [1.29, 1.82) is 0 Å². The molecule has 0 aromatic heterocycles. The summed E-state index contributed by atoms with van der Waals surface area (Å²) in [5.41, 5.74) is 5.92. The standard InChI is InChI=1S/C22H31FN4O4/c1-14(2)11-26(12-15-4-3-5-15)20(21(24)29)22(30)25-18-7-6-16(10-17(18)23)27-8-9-31-13-19(27)28/h6-7,10,14-15,20H,3-5,8-9,11-13H2,1-2H3,(H2,24,29)(H,25,30)/t20-/m0/s1. The van der Waals surface area contributed by atoms with Gasteiger partial charge in [-0.3, -0.25) is 19.3 Å². The summed E-state index contributed by atoms with van der Waals surface area (Å²) in [6.45, 7) is 5.83. The van der Waals surface area contributed by atoms with Crippen LogP contribution in [0.4, 0.5) is 15.8 Å².